The number of nitrogens with zero attached hydrogens (tertiary/aromatic N) is 2. The van der Waals surface area contributed by atoms with Crippen molar-refractivity contribution in [3.8, 4) is 0 Å². The third kappa shape index (κ3) is 4.19. The van der Waals surface area contributed by atoms with E-state index in [0.29, 0.717) is 30.9 Å². The van der Waals surface area contributed by atoms with Crippen LogP contribution in [0.3, 0.4) is 0 Å². The fourth-order valence-corrected chi connectivity index (χ4v) is 5.69. The van der Waals surface area contributed by atoms with E-state index in [-0.39, 0.29) is 35.6 Å². The van der Waals surface area contributed by atoms with Crippen LogP contribution in [-0.2, 0) is 17.8 Å². The van der Waals surface area contributed by atoms with Crippen molar-refractivity contribution in [3.05, 3.63) is 112 Å². The summed E-state index contributed by atoms with van der Waals surface area (Å²) in [5, 5.41) is 4.97. The van der Waals surface area contributed by atoms with Crippen molar-refractivity contribution < 1.29 is 9.59 Å². The van der Waals surface area contributed by atoms with Crippen LogP contribution in [0.25, 0.3) is 10.8 Å². The lowest BCUT2D eigenvalue weighted by Gasteiger charge is -2.43. The fraction of sp³-hybridized carbons (Fsp3) is 0.233. The summed E-state index contributed by atoms with van der Waals surface area (Å²) in [5.41, 5.74) is 2.68. The lowest BCUT2D eigenvalue weighted by molar-refractivity contribution is -0.115. The van der Waals surface area contributed by atoms with Crippen LogP contribution in [-0.4, -0.2) is 34.4 Å². The maximum Gasteiger partial charge on any atom is 0.274 e. The van der Waals surface area contributed by atoms with Gasteiger partial charge in [0.2, 0.25) is 5.91 Å². The van der Waals surface area contributed by atoms with Crippen LogP contribution in [0.1, 0.15) is 34.0 Å². The molecule has 2 amide bonds. The van der Waals surface area contributed by atoms with E-state index in [1.54, 1.807) is 10.6 Å². The molecule has 0 aliphatic carbocycles. The van der Waals surface area contributed by atoms with Crippen LogP contribution in [0.4, 0.5) is 5.69 Å². The predicted octanol–water partition coefficient (Wildman–Crippen LogP) is 4.44. The van der Waals surface area contributed by atoms with Crippen molar-refractivity contribution in [2.75, 3.05) is 18.4 Å². The highest BCUT2D eigenvalue weighted by molar-refractivity contribution is 5.98. The molecule has 1 aromatic heterocycles. The molecule has 180 valence electrons. The van der Waals surface area contributed by atoms with E-state index >= 15 is 0 Å². The summed E-state index contributed by atoms with van der Waals surface area (Å²) in [6.45, 7) is 1.76. The number of carbonyl (C=O) groups excluding carboxylic acids is 2. The van der Waals surface area contributed by atoms with Gasteiger partial charge in [-0.2, -0.15) is 0 Å². The Balaban J connectivity index is 1.20. The molecule has 3 heterocycles. The number of piperidine rings is 1. The number of carbonyl (C=O) groups is 2. The van der Waals surface area contributed by atoms with Crippen molar-refractivity contribution in [2.45, 2.75) is 25.3 Å². The number of nitrogens with one attached hydrogen (secondary N) is 1. The number of hydrogen-bond acceptors (Lipinski definition) is 3. The molecule has 2 bridgehead atoms. The van der Waals surface area contributed by atoms with Gasteiger partial charge in [0.1, 0.15) is 5.69 Å². The number of amides is 2. The van der Waals surface area contributed by atoms with Crippen molar-refractivity contribution in [3.63, 3.8) is 0 Å². The van der Waals surface area contributed by atoms with Crippen LogP contribution in [0, 0.1) is 5.92 Å². The molecule has 6 heteroatoms. The Hall–Kier alpha value is -4.19. The van der Waals surface area contributed by atoms with E-state index in [2.05, 4.69) is 5.32 Å². The predicted molar refractivity (Wildman–Crippen MR) is 140 cm³/mol. The van der Waals surface area contributed by atoms with Gasteiger partial charge in [-0.1, -0.05) is 60.7 Å². The summed E-state index contributed by atoms with van der Waals surface area (Å²) in [4.78, 5) is 41.1. The standard InChI is InChI=1S/C30H27N3O3/c34-28(15-20-6-2-1-3-7-20)31-26-12-13-27-25-14-21(18-33(27)30(26)36)17-32(19-25)29(35)24-11-10-22-8-4-5-9-23(22)16-24/h1-13,16,21,25H,14-15,17-19H2,(H,31,34). The molecule has 1 fully saturated rings. The number of benzene rings is 3. The highest BCUT2D eigenvalue weighted by atomic mass is 16.2. The van der Waals surface area contributed by atoms with E-state index in [1.165, 1.54) is 0 Å². The first-order valence-electron chi connectivity index (χ1n) is 12.4. The molecule has 0 spiro atoms. The average molecular weight is 478 g/mol. The van der Waals surface area contributed by atoms with E-state index in [1.807, 2.05) is 83.8 Å². The SMILES string of the molecule is O=C(Cc1ccccc1)Nc1ccc2n(c1=O)CC1CC2CN(C(=O)c2ccc3ccccc3c2)C1. The first kappa shape index (κ1) is 22.3. The molecule has 6 rings (SSSR count). The van der Waals surface area contributed by atoms with Crippen molar-refractivity contribution in [1.82, 2.24) is 9.47 Å². The van der Waals surface area contributed by atoms with Crippen molar-refractivity contribution >= 4 is 28.3 Å². The van der Waals surface area contributed by atoms with Crippen LogP contribution < -0.4 is 10.9 Å². The molecule has 36 heavy (non-hydrogen) atoms. The molecule has 0 saturated carbocycles. The van der Waals surface area contributed by atoms with Gasteiger partial charge in [0, 0.05) is 36.8 Å². The lowest BCUT2D eigenvalue weighted by atomic mass is 9.83. The zero-order valence-electron chi connectivity index (χ0n) is 19.9. The smallest absolute Gasteiger partial charge is 0.274 e. The van der Waals surface area contributed by atoms with E-state index < -0.39 is 0 Å². The van der Waals surface area contributed by atoms with E-state index in [4.69, 9.17) is 0 Å². The molecule has 1 saturated heterocycles. The Kier molecular flexibility index (Phi) is 5.64. The third-order valence-corrected chi connectivity index (χ3v) is 7.37. The Morgan fingerprint density at radius 2 is 1.61 bits per heavy atom. The topological polar surface area (TPSA) is 71.4 Å². The van der Waals surface area contributed by atoms with Crippen LogP contribution in [0.5, 0.6) is 0 Å². The van der Waals surface area contributed by atoms with Crippen molar-refractivity contribution in [1.29, 1.82) is 0 Å². The fourth-order valence-electron chi connectivity index (χ4n) is 5.69. The van der Waals surface area contributed by atoms with Gasteiger partial charge < -0.3 is 14.8 Å². The molecular formula is C30H27N3O3. The molecule has 6 nitrogen and oxygen atoms in total. The second-order valence-corrected chi connectivity index (χ2v) is 9.87. The Bertz CT molecular complexity index is 1530. The molecule has 1 N–H and O–H groups in total. The van der Waals surface area contributed by atoms with Gasteiger partial charge in [0.05, 0.1) is 6.42 Å². The summed E-state index contributed by atoms with van der Waals surface area (Å²) in [7, 11) is 0. The zero-order chi connectivity index (χ0) is 24.6. The molecule has 2 aliphatic rings. The highest BCUT2D eigenvalue weighted by Gasteiger charge is 2.37. The summed E-state index contributed by atoms with van der Waals surface area (Å²) in [6, 6.07) is 27.0. The molecule has 2 atom stereocenters. The molecule has 0 radical (unpaired) electrons. The number of hydrogen-bond donors (Lipinski definition) is 1. The summed E-state index contributed by atoms with van der Waals surface area (Å²) >= 11 is 0. The minimum absolute atomic E-state index is 0.0380. The zero-order valence-corrected chi connectivity index (χ0v) is 19.9. The monoisotopic (exact) mass is 477 g/mol. The van der Waals surface area contributed by atoms with Gasteiger partial charge in [-0.25, -0.2) is 0 Å². The third-order valence-electron chi connectivity index (χ3n) is 7.37. The Morgan fingerprint density at radius 1 is 0.833 bits per heavy atom. The quantitative estimate of drug-likeness (QED) is 0.472. The van der Waals surface area contributed by atoms with Gasteiger partial charge in [-0.3, -0.25) is 14.4 Å². The normalized spacial score (nSPS) is 18.5. The molecule has 2 unspecified atom stereocenters. The highest BCUT2D eigenvalue weighted by Crippen LogP contribution is 2.36. The van der Waals surface area contributed by atoms with Crippen LogP contribution >= 0.6 is 0 Å². The molecule has 3 aromatic carbocycles. The number of pyridine rings is 1. The van der Waals surface area contributed by atoms with Crippen LogP contribution in [0.2, 0.25) is 0 Å². The largest absolute Gasteiger partial charge is 0.338 e. The lowest BCUT2D eigenvalue weighted by Crippen LogP contribution is -2.49. The Labute approximate surface area is 209 Å². The van der Waals surface area contributed by atoms with Crippen molar-refractivity contribution in [2.24, 2.45) is 5.92 Å². The van der Waals surface area contributed by atoms with E-state index in [0.717, 1.165) is 28.5 Å². The summed E-state index contributed by atoms with van der Waals surface area (Å²) < 4.78 is 1.80. The number of anilines is 1. The van der Waals surface area contributed by atoms with Gasteiger partial charge in [0.25, 0.3) is 11.5 Å². The molecule has 2 aliphatic heterocycles. The second-order valence-electron chi connectivity index (χ2n) is 9.87. The summed E-state index contributed by atoms with van der Waals surface area (Å²) in [6.07, 6.45) is 1.18. The van der Waals surface area contributed by atoms with Gasteiger partial charge in [-0.05, 0) is 52.9 Å². The number of aromatic nitrogens is 1. The average Bonchev–Trinajstić information content (AvgIpc) is 2.90. The Morgan fingerprint density at radius 3 is 2.44 bits per heavy atom. The number of likely N-dealkylation sites (tertiary alicyclic amines) is 1. The first-order chi connectivity index (χ1) is 17.5. The second kappa shape index (κ2) is 9.11. The number of rotatable bonds is 4. The maximum atomic E-state index is 13.4. The minimum atomic E-state index is -0.206. The molecular weight excluding hydrogens is 450 g/mol. The maximum absolute atomic E-state index is 13.4. The van der Waals surface area contributed by atoms with Gasteiger partial charge in [-0.15, -0.1) is 0 Å². The molecule has 4 aromatic rings. The summed E-state index contributed by atoms with van der Waals surface area (Å²) in [5.74, 6) is 0.135. The van der Waals surface area contributed by atoms with Crippen LogP contribution in [0.15, 0.2) is 89.7 Å². The minimum Gasteiger partial charge on any atom is -0.338 e. The van der Waals surface area contributed by atoms with Gasteiger partial charge >= 0.3 is 0 Å². The first-order valence-corrected chi connectivity index (χ1v) is 12.4. The number of fused-ring (bicyclic) bond motifs is 5. The van der Waals surface area contributed by atoms with Gasteiger partial charge in [0.15, 0.2) is 0 Å². The van der Waals surface area contributed by atoms with E-state index in [9.17, 15) is 14.4 Å².